The van der Waals surface area contributed by atoms with Gasteiger partial charge in [-0.05, 0) is 6.07 Å². The molecule has 0 radical (unpaired) electrons. The van der Waals surface area contributed by atoms with Gasteiger partial charge in [0, 0.05) is 22.9 Å². The number of rotatable bonds is 4. The first-order chi connectivity index (χ1) is 8.15. The number of carbonyl (C=O) groups excluding carboxylic acids is 1. The molecule has 2 heterocycles. The summed E-state index contributed by atoms with van der Waals surface area (Å²) in [5.41, 5.74) is 6.23. The van der Waals surface area contributed by atoms with Crippen LogP contribution in [0.15, 0.2) is 29.9 Å². The van der Waals surface area contributed by atoms with Crippen molar-refractivity contribution in [2.24, 2.45) is 5.73 Å². The van der Waals surface area contributed by atoms with Crippen LogP contribution >= 0.6 is 11.3 Å². The van der Waals surface area contributed by atoms with Gasteiger partial charge in [0.05, 0.1) is 23.6 Å². The molecule has 0 saturated carbocycles. The molecule has 0 aliphatic carbocycles. The van der Waals surface area contributed by atoms with Crippen molar-refractivity contribution in [3.63, 3.8) is 0 Å². The Morgan fingerprint density at radius 1 is 1.47 bits per heavy atom. The predicted molar refractivity (Wildman–Crippen MR) is 64.4 cm³/mol. The Labute approximate surface area is 101 Å². The maximum Gasteiger partial charge on any atom is 0.249 e. The van der Waals surface area contributed by atoms with Gasteiger partial charge in [-0.3, -0.25) is 9.78 Å². The lowest BCUT2D eigenvalue weighted by Crippen LogP contribution is -2.09. The minimum atomic E-state index is -0.445. The standard InChI is InChI=1S/C11H10FN3OS/c12-8-2-9(4-14-3-8)15-5-10-1-7(6-17-10)11(13)16/h1-4,6,15H,5H2,(H2,13,16). The zero-order chi connectivity index (χ0) is 12.3. The average Bonchev–Trinajstić information content (AvgIpc) is 2.75. The van der Waals surface area contributed by atoms with E-state index in [1.54, 1.807) is 11.4 Å². The SMILES string of the molecule is NC(=O)c1csc(CNc2cncc(F)c2)c1. The summed E-state index contributed by atoms with van der Waals surface area (Å²) in [4.78, 5) is 15.6. The maximum absolute atomic E-state index is 12.8. The molecule has 0 aliphatic rings. The first kappa shape index (κ1) is 11.5. The summed E-state index contributed by atoms with van der Waals surface area (Å²) in [6.07, 6.45) is 2.67. The van der Waals surface area contributed by atoms with Crippen molar-refractivity contribution in [1.29, 1.82) is 0 Å². The number of amides is 1. The second-order valence-corrected chi connectivity index (χ2v) is 4.41. The minimum Gasteiger partial charge on any atom is -0.379 e. The lowest BCUT2D eigenvalue weighted by Gasteiger charge is -2.03. The zero-order valence-electron chi connectivity index (χ0n) is 8.81. The first-order valence-electron chi connectivity index (χ1n) is 4.87. The van der Waals surface area contributed by atoms with Gasteiger partial charge >= 0.3 is 0 Å². The van der Waals surface area contributed by atoms with E-state index in [0.29, 0.717) is 17.8 Å². The highest BCUT2D eigenvalue weighted by Gasteiger charge is 2.04. The average molecular weight is 251 g/mol. The Hall–Kier alpha value is -1.95. The third kappa shape index (κ3) is 3.01. The second kappa shape index (κ2) is 4.92. The molecule has 0 fully saturated rings. The van der Waals surface area contributed by atoms with Crippen LogP contribution in [-0.2, 0) is 6.54 Å². The van der Waals surface area contributed by atoms with E-state index in [2.05, 4.69) is 10.3 Å². The third-order valence-electron chi connectivity index (χ3n) is 2.11. The molecule has 0 atom stereocenters. The highest BCUT2D eigenvalue weighted by Crippen LogP contribution is 2.16. The van der Waals surface area contributed by atoms with Crippen LogP contribution in [0.2, 0.25) is 0 Å². The molecule has 17 heavy (non-hydrogen) atoms. The number of anilines is 1. The quantitative estimate of drug-likeness (QED) is 0.873. The molecule has 6 heteroatoms. The fourth-order valence-corrected chi connectivity index (χ4v) is 2.11. The highest BCUT2D eigenvalue weighted by atomic mass is 32.1. The number of thiophene rings is 1. The predicted octanol–water partition coefficient (Wildman–Crippen LogP) is 1.99. The van der Waals surface area contributed by atoms with Crippen molar-refractivity contribution >= 4 is 22.9 Å². The molecule has 0 aromatic carbocycles. The topological polar surface area (TPSA) is 68.0 Å². The van der Waals surface area contributed by atoms with E-state index < -0.39 is 5.91 Å². The fraction of sp³-hybridized carbons (Fsp3) is 0.0909. The van der Waals surface area contributed by atoms with Gasteiger partial charge in [0.25, 0.3) is 0 Å². The molecular formula is C11H10FN3OS. The summed E-state index contributed by atoms with van der Waals surface area (Å²) in [5.74, 6) is -0.834. The van der Waals surface area contributed by atoms with E-state index in [4.69, 9.17) is 5.73 Å². The van der Waals surface area contributed by atoms with Crippen molar-refractivity contribution < 1.29 is 9.18 Å². The summed E-state index contributed by atoms with van der Waals surface area (Å²) in [6, 6.07) is 3.07. The molecule has 88 valence electrons. The molecule has 4 nitrogen and oxygen atoms in total. The molecule has 2 aromatic heterocycles. The number of pyridine rings is 1. The number of carbonyl (C=O) groups is 1. The number of hydrogen-bond donors (Lipinski definition) is 2. The summed E-state index contributed by atoms with van der Waals surface area (Å²) in [6.45, 7) is 0.503. The van der Waals surface area contributed by atoms with Crippen LogP contribution in [-0.4, -0.2) is 10.9 Å². The van der Waals surface area contributed by atoms with Crippen molar-refractivity contribution in [1.82, 2.24) is 4.98 Å². The number of nitrogens with one attached hydrogen (secondary N) is 1. The maximum atomic E-state index is 12.8. The summed E-state index contributed by atoms with van der Waals surface area (Å²) in [7, 11) is 0. The van der Waals surface area contributed by atoms with Crippen molar-refractivity contribution in [2.75, 3.05) is 5.32 Å². The van der Waals surface area contributed by atoms with Gasteiger partial charge in [0.15, 0.2) is 0 Å². The van der Waals surface area contributed by atoms with Crippen LogP contribution in [0.25, 0.3) is 0 Å². The van der Waals surface area contributed by atoms with Gasteiger partial charge in [-0.25, -0.2) is 4.39 Å². The van der Waals surface area contributed by atoms with Gasteiger partial charge in [0.2, 0.25) is 5.91 Å². The van der Waals surface area contributed by atoms with E-state index >= 15 is 0 Å². The Balaban J connectivity index is 2.00. The smallest absolute Gasteiger partial charge is 0.249 e. The van der Waals surface area contributed by atoms with Gasteiger partial charge in [0.1, 0.15) is 5.82 Å². The molecule has 0 spiro atoms. The monoisotopic (exact) mass is 251 g/mol. The van der Waals surface area contributed by atoms with Crippen molar-refractivity contribution in [3.8, 4) is 0 Å². The van der Waals surface area contributed by atoms with Crippen LogP contribution in [0.4, 0.5) is 10.1 Å². The van der Waals surface area contributed by atoms with Gasteiger partial charge < -0.3 is 11.1 Å². The Morgan fingerprint density at radius 3 is 2.94 bits per heavy atom. The zero-order valence-corrected chi connectivity index (χ0v) is 9.63. The third-order valence-corrected chi connectivity index (χ3v) is 3.05. The minimum absolute atomic E-state index is 0.390. The lowest BCUT2D eigenvalue weighted by atomic mass is 10.3. The molecule has 0 saturated heterocycles. The molecule has 0 unspecified atom stereocenters. The molecule has 1 amide bonds. The van der Waals surface area contributed by atoms with Crippen LogP contribution in [0.5, 0.6) is 0 Å². The van der Waals surface area contributed by atoms with Gasteiger partial charge in [-0.15, -0.1) is 11.3 Å². The van der Waals surface area contributed by atoms with E-state index in [-0.39, 0.29) is 5.82 Å². The summed E-state index contributed by atoms with van der Waals surface area (Å²) < 4.78 is 12.8. The second-order valence-electron chi connectivity index (χ2n) is 3.41. The molecular weight excluding hydrogens is 241 g/mol. The van der Waals surface area contributed by atoms with Gasteiger partial charge in [-0.1, -0.05) is 0 Å². The van der Waals surface area contributed by atoms with E-state index in [1.807, 2.05) is 0 Å². The largest absolute Gasteiger partial charge is 0.379 e. The van der Waals surface area contributed by atoms with Crippen LogP contribution in [0, 0.1) is 5.82 Å². The number of hydrogen-bond acceptors (Lipinski definition) is 4. The van der Waals surface area contributed by atoms with Crippen molar-refractivity contribution in [3.05, 3.63) is 46.2 Å². The molecule has 2 aromatic rings. The first-order valence-corrected chi connectivity index (χ1v) is 5.75. The molecule has 2 rings (SSSR count). The van der Waals surface area contributed by atoms with E-state index in [0.717, 1.165) is 11.1 Å². The molecule has 0 aliphatic heterocycles. The van der Waals surface area contributed by atoms with E-state index in [9.17, 15) is 9.18 Å². The van der Waals surface area contributed by atoms with Crippen molar-refractivity contribution in [2.45, 2.75) is 6.54 Å². The highest BCUT2D eigenvalue weighted by molar-refractivity contribution is 7.10. The Kier molecular flexibility index (Phi) is 3.34. The fourth-order valence-electron chi connectivity index (χ4n) is 1.30. The summed E-state index contributed by atoms with van der Waals surface area (Å²) in [5, 5.41) is 4.71. The molecule has 3 N–H and O–H groups in total. The van der Waals surface area contributed by atoms with E-state index in [1.165, 1.54) is 23.6 Å². The van der Waals surface area contributed by atoms with Crippen LogP contribution < -0.4 is 11.1 Å². The number of halogens is 1. The number of aromatic nitrogens is 1. The number of nitrogens with two attached hydrogens (primary N) is 1. The normalized spacial score (nSPS) is 10.2. The Bertz CT molecular complexity index is 541. The Morgan fingerprint density at radius 2 is 2.29 bits per heavy atom. The van der Waals surface area contributed by atoms with Crippen LogP contribution in [0.3, 0.4) is 0 Å². The number of primary amides is 1. The number of nitrogens with zero attached hydrogens (tertiary/aromatic N) is 1. The molecule has 0 bridgehead atoms. The van der Waals surface area contributed by atoms with Gasteiger partial charge in [-0.2, -0.15) is 0 Å². The van der Waals surface area contributed by atoms with Crippen LogP contribution in [0.1, 0.15) is 15.2 Å². The summed E-state index contributed by atoms with van der Waals surface area (Å²) >= 11 is 1.42. The lowest BCUT2D eigenvalue weighted by molar-refractivity contribution is 0.100.